The van der Waals surface area contributed by atoms with Crippen LogP contribution in [0.5, 0.6) is 0 Å². The van der Waals surface area contributed by atoms with Crippen molar-refractivity contribution in [2.45, 2.75) is 25.8 Å². The topological polar surface area (TPSA) is 37.0 Å². The summed E-state index contributed by atoms with van der Waals surface area (Å²) >= 11 is 1.73. The Morgan fingerprint density at radius 3 is 3.26 bits per heavy atom. The van der Waals surface area contributed by atoms with Gasteiger partial charge in [-0.2, -0.15) is 0 Å². The Labute approximate surface area is 118 Å². The molecule has 2 aromatic rings. The molecule has 0 amide bonds. The molecule has 0 aliphatic carbocycles. The molecule has 0 radical (unpaired) electrons. The summed E-state index contributed by atoms with van der Waals surface area (Å²) in [6.45, 7) is 5.18. The van der Waals surface area contributed by atoms with Gasteiger partial charge in [-0.15, -0.1) is 11.3 Å². The van der Waals surface area contributed by atoms with Crippen molar-refractivity contribution in [3.05, 3.63) is 45.9 Å². The fourth-order valence-electron chi connectivity index (χ4n) is 2.55. The van der Waals surface area contributed by atoms with Crippen molar-refractivity contribution >= 4 is 17.0 Å². The zero-order valence-corrected chi connectivity index (χ0v) is 12.0. The lowest BCUT2D eigenvalue weighted by atomic mass is 10.1. The Bertz CT molecular complexity index is 536. The van der Waals surface area contributed by atoms with E-state index in [0.29, 0.717) is 5.92 Å². The highest BCUT2D eigenvalue weighted by atomic mass is 32.1. The lowest BCUT2D eigenvalue weighted by Crippen LogP contribution is -2.20. The lowest BCUT2D eigenvalue weighted by Gasteiger charge is -2.12. The maximum Gasteiger partial charge on any atom is 0.0965 e. The van der Waals surface area contributed by atoms with E-state index < -0.39 is 0 Å². The fourth-order valence-corrected chi connectivity index (χ4v) is 3.25. The highest BCUT2D eigenvalue weighted by molar-refractivity contribution is 7.09. The normalized spacial score (nSPS) is 15.0. The first-order valence-corrected chi connectivity index (χ1v) is 7.67. The summed E-state index contributed by atoms with van der Waals surface area (Å²) in [4.78, 5) is 4.37. The van der Waals surface area contributed by atoms with Crippen molar-refractivity contribution in [1.82, 2.24) is 10.3 Å². The predicted molar refractivity (Wildman–Crippen MR) is 80.9 cm³/mol. The molecule has 2 N–H and O–H groups in total. The van der Waals surface area contributed by atoms with Gasteiger partial charge in [0.05, 0.1) is 5.01 Å². The minimum atomic E-state index is 0.477. The van der Waals surface area contributed by atoms with E-state index in [9.17, 15) is 0 Å². The van der Waals surface area contributed by atoms with Crippen LogP contribution in [0.3, 0.4) is 0 Å². The molecule has 0 fully saturated rings. The third-order valence-corrected chi connectivity index (χ3v) is 4.58. The zero-order valence-electron chi connectivity index (χ0n) is 11.1. The van der Waals surface area contributed by atoms with Gasteiger partial charge < -0.3 is 10.6 Å². The molecule has 3 nitrogen and oxygen atoms in total. The van der Waals surface area contributed by atoms with Gasteiger partial charge >= 0.3 is 0 Å². The molecule has 0 bridgehead atoms. The van der Waals surface area contributed by atoms with Gasteiger partial charge in [-0.05, 0) is 17.5 Å². The van der Waals surface area contributed by atoms with Gasteiger partial charge in [-0.25, -0.2) is 4.98 Å². The molecule has 1 unspecified atom stereocenters. The van der Waals surface area contributed by atoms with Gasteiger partial charge in [0, 0.05) is 42.8 Å². The first kappa shape index (κ1) is 12.6. The van der Waals surface area contributed by atoms with Gasteiger partial charge in [0.25, 0.3) is 0 Å². The van der Waals surface area contributed by atoms with E-state index in [1.54, 1.807) is 11.3 Å². The summed E-state index contributed by atoms with van der Waals surface area (Å²) in [5.74, 6) is 0.477. The van der Waals surface area contributed by atoms with Gasteiger partial charge in [-0.1, -0.05) is 25.1 Å². The van der Waals surface area contributed by atoms with Crippen molar-refractivity contribution in [3.8, 4) is 0 Å². The fraction of sp³-hybridized carbons (Fsp3) is 0.400. The molecule has 4 heteroatoms. The summed E-state index contributed by atoms with van der Waals surface area (Å²) in [7, 11) is 0. The molecule has 0 saturated heterocycles. The molecule has 3 rings (SSSR count). The monoisotopic (exact) mass is 273 g/mol. The Hall–Kier alpha value is -1.39. The Balaban J connectivity index is 1.57. The number of thiazole rings is 1. The molecular formula is C15H19N3S. The molecule has 1 aliphatic heterocycles. The van der Waals surface area contributed by atoms with Gasteiger partial charge in [0.2, 0.25) is 0 Å². The van der Waals surface area contributed by atoms with Crippen LogP contribution in [0.25, 0.3) is 0 Å². The largest absolute Gasteiger partial charge is 0.384 e. The molecule has 100 valence electrons. The third kappa shape index (κ3) is 2.80. The maximum absolute atomic E-state index is 4.37. The van der Waals surface area contributed by atoms with E-state index >= 15 is 0 Å². The predicted octanol–water partition coefficient (Wildman–Crippen LogP) is 3.00. The summed E-state index contributed by atoms with van der Waals surface area (Å²) in [6.07, 6.45) is 3.03. The van der Waals surface area contributed by atoms with E-state index in [1.807, 2.05) is 11.6 Å². The molecule has 1 aromatic carbocycles. The lowest BCUT2D eigenvalue weighted by molar-refractivity contribution is 0.613. The van der Waals surface area contributed by atoms with Crippen molar-refractivity contribution in [2.75, 3.05) is 18.4 Å². The number of rotatable bonds is 5. The minimum Gasteiger partial charge on any atom is -0.384 e. The molecule has 0 saturated carbocycles. The highest BCUT2D eigenvalue weighted by Crippen LogP contribution is 2.26. The Morgan fingerprint density at radius 1 is 1.47 bits per heavy atom. The molecule has 1 aromatic heterocycles. The van der Waals surface area contributed by atoms with E-state index in [0.717, 1.165) is 26.1 Å². The molecule has 1 aliphatic rings. The van der Waals surface area contributed by atoms with Crippen LogP contribution in [0.4, 0.5) is 5.69 Å². The second kappa shape index (κ2) is 5.72. The van der Waals surface area contributed by atoms with Crippen LogP contribution in [0.1, 0.15) is 29.0 Å². The third-order valence-electron chi connectivity index (χ3n) is 3.57. The molecule has 2 heterocycles. The van der Waals surface area contributed by atoms with Crippen LogP contribution in [-0.4, -0.2) is 18.1 Å². The summed E-state index contributed by atoms with van der Waals surface area (Å²) in [6, 6.07) is 6.59. The van der Waals surface area contributed by atoms with Crippen LogP contribution in [-0.2, 0) is 13.0 Å². The number of fused-ring (bicyclic) bond motifs is 1. The van der Waals surface area contributed by atoms with Crippen LogP contribution >= 0.6 is 11.3 Å². The highest BCUT2D eigenvalue weighted by Gasteiger charge is 2.13. The molecular weight excluding hydrogens is 254 g/mol. The number of para-hydroxylation sites is 1. The first-order valence-electron chi connectivity index (χ1n) is 6.79. The van der Waals surface area contributed by atoms with Crippen LogP contribution in [0.2, 0.25) is 0 Å². The van der Waals surface area contributed by atoms with E-state index in [1.165, 1.54) is 21.8 Å². The number of aromatic nitrogens is 1. The Morgan fingerprint density at radius 2 is 2.42 bits per heavy atom. The second-order valence-electron chi connectivity index (χ2n) is 5.03. The molecule has 19 heavy (non-hydrogen) atoms. The van der Waals surface area contributed by atoms with Gasteiger partial charge in [0.1, 0.15) is 0 Å². The number of hydrogen-bond acceptors (Lipinski definition) is 4. The summed E-state index contributed by atoms with van der Waals surface area (Å²) < 4.78 is 0. The molecule has 1 atom stereocenters. The quantitative estimate of drug-likeness (QED) is 0.879. The number of nitrogens with zero attached hydrogens (tertiary/aromatic N) is 1. The van der Waals surface area contributed by atoms with E-state index in [2.05, 4.69) is 40.7 Å². The summed E-state index contributed by atoms with van der Waals surface area (Å²) in [5.41, 5.74) is 4.17. The maximum atomic E-state index is 4.37. The van der Waals surface area contributed by atoms with Crippen LogP contribution in [0.15, 0.2) is 29.8 Å². The zero-order chi connectivity index (χ0) is 13.1. The van der Waals surface area contributed by atoms with Crippen molar-refractivity contribution < 1.29 is 0 Å². The number of benzene rings is 1. The standard InChI is InChI=1S/C15H19N3S/c1-11(15-18-7-8-19-15)9-16-10-13-4-2-3-12-5-6-17-14(12)13/h2-4,7-8,11,16-17H,5-6,9-10H2,1H3. The van der Waals surface area contributed by atoms with Gasteiger partial charge in [0.15, 0.2) is 0 Å². The second-order valence-corrected chi connectivity index (χ2v) is 5.96. The van der Waals surface area contributed by atoms with Crippen molar-refractivity contribution in [2.24, 2.45) is 0 Å². The minimum absolute atomic E-state index is 0.477. The number of nitrogens with one attached hydrogen (secondary N) is 2. The van der Waals surface area contributed by atoms with Crippen molar-refractivity contribution in [3.63, 3.8) is 0 Å². The summed E-state index contributed by atoms with van der Waals surface area (Å²) in [5, 5.41) is 10.3. The van der Waals surface area contributed by atoms with Crippen LogP contribution in [0, 0.1) is 0 Å². The van der Waals surface area contributed by atoms with Crippen molar-refractivity contribution in [1.29, 1.82) is 0 Å². The number of anilines is 1. The number of hydrogen-bond donors (Lipinski definition) is 2. The SMILES string of the molecule is CC(CNCc1cccc2c1NCC2)c1nccs1. The Kier molecular flexibility index (Phi) is 3.80. The van der Waals surface area contributed by atoms with Crippen LogP contribution < -0.4 is 10.6 Å². The average molecular weight is 273 g/mol. The van der Waals surface area contributed by atoms with Gasteiger partial charge in [-0.3, -0.25) is 0 Å². The molecule has 0 spiro atoms. The smallest absolute Gasteiger partial charge is 0.0965 e. The average Bonchev–Trinajstić information content (AvgIpc) is 3.10. The first-order chi connectivity index (χ1) is 9.34. The van der Waals surface area contributed by atoms with E-state index in [4.69, 9.17) is 0 Å². The van der Waals surface area contributed by atoms with E-state index in [-0.39, 0.29) is 0 Å².